The number of nitrogens with one attached hydrogen (secondary N) is 2. The summed E-state index contributed by atoms with van der Waals surface area (Å²) < 4.78 is 5.87. The van der Waals surface area contributed by atoms with Gasteiger partial charge in [-0.05, 0) is 32.0 Å². The van der Waals surface area contributed by atoms with Crippen molar-refractivity contribution in [2.75, 3.05) is 5.32 Å². The zero-order valence-corrected chi connectivity index (χ0v) is 12.6. The molecule has 1 heterocycles. The number of hydrogen-bond acceptors (Lipinski definition) is 2. The summed E-state index contributed by atoms with van der Waals surface area (Å²) >= 11 is 0. The first-order chi connectivity index (χ1) is 10.6. The highest BCUT2D eigenvalue weighted by molar-refractivity contribution is 5.89. The summed E-state index contributed by atoms with van der Waals surface area (Å²) in [6, 6.07) is 16.8. The topological polar surface area (TPSA) is 54.3 Å². The van der Waals surface area contributed by atoms with Crippen molar-refractivity contribution in [2.45, 2.75) is 19.9 Å². The van der Waals surface area contributed by atoms with Crippen molar-refractivity contribution in [3.8, 4) is 0 Å². The Morgan fingerprint density at radius 3 is 2.45 bits per heavy atom. The van der Waals surface area contributed by atoms with Gasteiger partial charge in [0.05, 0.1) is 6.04 Å². The van der Waals surface area contributed by atoms with Crippen molar-refractivity contribution in [1.82, 2.24) is 5.32 Å². The number of para-hydroxylation sites is 2. The Balaban J connectivity index is 1.74. The van der Waals surface area contributed by atoms with Crippen LogP contribution < -0.4 is 10.6 Å². The molecule has 112 valence electrons. The molecule has 22 heavy (non-hydrogen) atoms. The molecule has 3 aromatic rings. The summed E-state index contributed by atoms with van der Waals surface area (Å²) in [7, 11) is 0. The van der Waals surface area contributed by atoms with E-state index in [2.05, 4.69) is 10.6 Å². The van der Waals surface area contributed by atoms with Gasteiger partial charge in [-0.2, -0.15) is 0 Å². The maximum Gasteiger partial charge on any atom is 0.319 e. The number of hydrogen-bond donors (Lipinski definition) is 2. The van der Waals surface area contributed by atoms with E-state index in [0.717, 1.165) is 28.0 Å². The maximum absolute atomic E-state index is 12.1. The van der Waals surface area contributed by atoms with Crippen LogP contribution in [0.3, 0.4) is 0 Å². The van der Waals surface area contributed by atoms with Crippen LogP contribution in [0.2, 0.25) is 0 Å². The highest BCUT2D eigenvalue weighted by Crippen LogP contribution is 2.29. The van der Waals surface area contributed by atoms with Crippen LogP contribution in [-0.2, 0) is 0 Å². The minimum Gasteiger partial charge on any atom is -0.459 e. The van der Waals surface area contributed by atoms with Crippen molar-refractivity contribution in [3.05, 3.63) is 65.9 Å². The summed E-state index contributed by atoms with van der Waals surface area (Å²) in [6.45, 7) is 3.92. The number of anilines is 1. The van der Waals surface area contributed by atoms with Crippen molar-refractivity contribution in [3.63, 3.8) is 0 Å². The van der Waals surface area contributed by atoms with Crippen molar-refractivity contribution in [2.24, 2.45) is 0 Å². The largest absolute Gasteiger partial charge is 0.459 e. The number of furan rings is 1. The maximum atomic E-state index is 12.1. The van der Waals surface area contributed by atoms with E-state index in [1.165, 1.54) is 0 Å². The van der Waals surface area contributed by atoms with Gasteiger partial charge >= 0.3 is 6.03 Å². The second-order valence-corrected chi connectivity index (χ2v) is 5.27. The second-order valence-electron chi connectivity index (χ2n) is 5.27. The molecular weight excluding hydrogens is 276 g/mol. The Hall–Kier alpha value is -2.75. The molecule has 4 nitrogen and oxygen atoms in total. The summed E-state index contributed by atoms with van der Waals surface area (Å²) in [5.74, 6) is 0.782. The third-order valence-corrected chi connectivity index (χ3v) is 3.65. The van der Waals surface area contributed by atoms with Crippen LogP contribution in [0.15, 0.2) is 59.0 Å². The average Bonchev–Trinajstić information content (AvgIpc) is 2.86. The number of rotatable bonds is 3. The lowest BCUT2D eigenvalue weighted by Crippen LogP contribution is -2.31. The van der Waals surface area contributed by atoms with Crippen LogP contribution in [0, 0.1) is 6.92 Å². The van der Waals surface area contributed by atoms with E-state index in [1.54, 1.807) is 0 Å². The van der Waals surface area contributed by atoms with Gasteiger partial charge in [0.15, 0.2) is 0 Å². The standard InChI is InChI=1S/C18H18N2O2/c1-12-15-10-6-7-11-16(15)22-17(12)13(2)19-18(21)20-14-8-4-3-5-9-14/h3-11,13H,1-2H3,(H2,19,20,21)/t13-/m0/s1. The number of amides is 2. The first kappa shape index (κ1) is 14.2. The molecule has 2 aromatic carbocycles. The predicted octanol–water partition coefficient (Wildman–Crippen LogP) is 4.62. The Labute approximate surface area is 129 Å². The smallest absolute Gasteiger partial charge is 0.319 e. The van der Waals surface area contributed by atoms with Gasteiger partial charge in [-0.25, -0.2) is 4.79 Å². The summed E-state index contributed by atoms with van der Waals surface area (Å²) in [5, 5.41) is 6.79. The van der Waals surface area contributed by atoms with E-state index in [1.807, 2.05) is 68.4 Å². The molecule has 0 aliphatic heterocycles. The van der Waals surface area contributed by atoms with E-state index in [0.29, 0.717) is 0 Å². The zero-order chi connectivity index (χ0) is 15.5. The molecule has 3 rings (SSSR count). The molecule has 1 aromatic heterocycles. The fourth-order valence-electron chi connectivity index (χ4n) is 2.56. The van der Waals surface area contributed by atoms with Crippen LogP contribution >= 0.6 is 0 Å². The average molecular weight is 294 g/mol. The Bertz CT molecular complexity index is 793. The van der Waals surface area contributed by atoms with E-state index in [-0.39, 0.29) is 12.1 Å². The normalized spacial score (nSPS) is 12.1. The monoisotopic (exact) mass is 294 g/mol. The van der Waals surface area contributed by atoms with Gasteiger partial charge in [-0.15, -0.1) is 0 Å². The van der Waals surface area contributed by atoms with Crippen LogP contribution in [0.25, 0.3) is 11.0 Å². The first-order valence-corrected chi connectivity index (χ1v) is 7.26. The molecule has 0 aliphatic rings. The molecule has 0 saturated carbocycles. The van der Waals surface area contributed by atoms with E-state index in [9.17, 15) is 4.79 Å². The number of urea groups is 1. The summed E-state index contributed by atoms with van der Waals surface area (Å²) in [4.78, 5) is 12.1. The van der Waals surface area contributed by atoms with Gasteiger partial charge < -0.3 is 15.1 Å². The molecule has 0 radical (unpaired) electrons. The van der Waals surface area contributed by atoms with Crippen molar-refractivity contribution in [1.29, 1.82) is 0 Å². The molecule has 0 aliphatic carbocycles. The fourth-order valence-corrected chi connectivity index (χ4v) is 2.56. The van der Waals surface area contributed by atoms with Crippen molar-refractivity contribution >= 4 is 22.7 Å². The molecule has 1 atom stereocenters. The van der Waals surface area contributed by atoms with Crippen molar-refractivity contribution < 1.29 is 9.21 Å². The summed E-state index contributed by atoms with van der Waals surface area (Å²) in [5.41, 5.74) is 2.66. The number of carbonyl (C=O) groups excluding carboxylic acids is 1. The number of aryl methyl sites for hydroxylation is 1. The number of fused-ring (bicyclic) bond motifs is 1. The number of carbonyl (C=O) groups is 1. The van der Waals surface area contributed by atoms with E-state index < -0.39 is 0 Å². The quantitative estimate of drug-likeness (QED) is 0.740. The molecule has 0 fully saturated rings. The fraction of sp³-hybridized carbons (Fsp3) is 0.167. The highest BCUT2D eigenvalue weighted by Gasteiger charge is 2.18. The molecule has 0 bridgehead atoms. The van der Waals surface area contributed by atoms with Gasteiger partial charge in [0.25, 0.3) is 0 Å². The van der Waals surface area contributed by atoms with Gasteiger partial charge in [-0.1, -0.05) is 36.4 Å². The summed E-state index contributed by atoms with van der Waals surface area (Å²) in [6.07, 6.45) is 0. The predicted molar refractivity (Wildman–Crippen MR) is 88.0 cm³/mol. The number of benzene rings is 2. The SMILES string of the molecule is Cc1c([C@H](C)NC(=O)Nc2ccccc2)oc2ccccc12. The molecule has 0 unspecified atom stereocenters. The highest BCUT2D eigenvalue weighted by atomic mass is 16.3. The lowest BCUT2D eigenvalue weighted by Gasteiger charge is -2.13. The van der Waals surface area contributed by atoms with Gasteiger partial charge in [-0.3, -0.25) is 0 Å². The van der Waals surface area contributed by atoms with Gasteiger partial charge in [0.1, 0.15) is 11.3 Å². The van der Waals surface area contributed by atoms with Crippen LogP contribution in [-0.4, -0.2) is 6.03 Å². The lowest BCUT2D eigenvalue weighted by molar-refractivity contribution is 0.248. The molecular formula is C18H18N2O2. The van der Waals surface area contributed by atoms with Crippen LogP contribution in [0.4, 0.5) is 10.5 Å². The Morgan fingerprint density at radius 1 is 1.05 bits per heavy atom. The molecule has 4 heteroatoms. The molecule has 2 amide bonds. The Kier molecular flexibility index (Phi) is 3.83. The Morgan fingerprint density at radius 2 is 1.73 bits per heavy atom. The second kappa shape index (κ2) is 5.93. The third-order valence-electron chi connectivity index (χ3n) is 3.65. The minimum atomic E-state index is -0.251. The van der Waals surface area contributed by atoms with E-state index >= 15 is 0 Å². The third kappa shape index (κ3) is 2.81. The zero-order valence-electron chi connectivity index (χ0n) is 12.6. The molecule has 0 saturated heterocycles. The van der Waals surface area contributed by atoms with E-state index in [4.69, 9.17) is 4.42 Å². The molecule has 2 N–H and O–H groups in total. The minimum absolute atomic E-state index is 0.212. The molecule has 0 spiro atoms. The van der Waals surface area contributed by atoms with Gasteiger partial charge in [0, 0.05) is 16.6 Å². The van der Waals surface area contributed by atoms with Crippen LogP contribution in [0.5, 0.6) is 0 Å². The lowest BCUT2D eigenvalue weighted by atomic mass is 10.1. The van der Waals surface area contributed by atoms with Gasteiger partial charge in [0.2, 0.25) is 0 Å². The first-order valence-electron chi connectivity index (χ1n) is 7.26. The van der Waals surface area contributed by atoms with Crippen LogP contribution in [0.1, 0.15) is 24.3 Å².